The Morgan fingerprint density at radius 2 is 2.08 bits per heavy atom. The highest BCUT2D eigenvalue weighted by atomic mass is 32.2. The van der Waals surface area contributed by atoms with Gasteiger partial charge in [-0.05, 0) is 17.9 Å². The second-order valence-corrected chi connectivity index (χ2v) is 4.74. The van der Waals surface area contributed by atoms with Gasteiger partial charge in [-0.25, -0.2) is 4.79 Å². The third-order valence-electron chi connectivity index (χ3n) is 1.90. The molecule has 13 heavy (non-hydrogen) atoms. The van der Waals surface area contributed by atoms with Crippen LogP contribution in [0.5, 0.6) is 0 Å². The van der Waals surface area contributed by atoms with Gasteiger partial charge in [-0.15, -0.1) is 22.7 Å². The highest BCUT2D eigenvalue weighted by molar-refractivity contribution is 7.37. The molecule has 0 saturated carbocycles. The van der Waals surface area contributed by atoms with Crippen LogP contribution in [0.4, 0.5) is 0 Å². The maximum atomic E-state index is 11.3. The van der Waals surface area contributed by atoms with E-state index in [2.05, 4.69) is 5.38 Å². The maximum Gasteiger partial charge on any atom is 0.339 e. The summed E-state index contributed by atoms with van der Waals surface area (Å²) >= 11 is 3.27. The summed E-state index contributed by atoms with van der Waals surface area (Å²) in [6.07, 6.45) is 0. The number of ether oxygens (including phenoxy) is 1. The summed E-state index contributed by atoms with van der Waals surface area (Å²) in [4.78, 5) is 11.3. The molecule has 0 aliphatic carbocycles. The van der Waals surface area contributed by atoms with E-state index in [1.165, 1.54) is 11.1 Å². The van der Waals surface area contributed by atoms with Gasteiger partial charge in [-0.2, -0.15) is 0 Å². The van der Waals surface area contributed by atoms with Crippen molar-refractivity contribution in [1.29, 1.82) is 0 Å². The fourth-order valence-electron chi connectivity index (χ4n) is 1.26. The molecule has 0 N–H and O–H groups in total. The van der Waals surface area contributed by atoms with Gasteiger partial charge in [0.2, 0.25) is 0 Å². The third kappa shape index (κ3) is 1.26. The predicted octanol–water partition coefficient (Wildman–Crippen LogP) is 3.06. The molecule has 2 aromatic heterocycles. The van der Waals surface area contributed by atoms with Crippen LogP contribution in [0.15, 0.2) is 10.8 Å². The molecular weight excluding hydrogens is 204 g/mol. The molecule has 0 radical (unpaired) electrons. The van der Waals surface area contributed by atoms with E-state index < -0.39 is 0 Å². The van der Waals surface area contributed by atoms with Crippen LogP contribution >= 0.6 is 22.7 Å². The number of fused-ring (bicyclic) bond motifs is 1. The highest BCUT2D eigenvalue weighted by Gasteiger charge is 2.15. The Balaban J connectivity index is 2.68. The molecule has 2 heterocycles. The minimum absolute atomic E-state index is 0.243. The Hall–Kier alpha value is -0.870. The monoisotopic (exact) mass is 212 g/mol. The topological polar surface area (TPSA) is 26.3 Å². The fraction of sp³-hybridized carbons (Fsp3) is 0.222. The maximum absolute atomic E-state index is 11.3. The summed E-state index contributed by atoms with van der Waals surface area (Å²) < 4.78 is 5.89. The number of rotatable bonds is 1. The van der Waals surface area contributed by atoms with Crippen molar-refractivity contribution in [3.63, 3.8) is 0 Å². The average Bonchev–Trinajstić information content (AvgIpc) is 2.68. The Kier molecular flexibility index (Phi) is 2.09. The van der Waals surface area contributed by atoms with Crippen molar-refractivity contribution in [2.75, 3.05) is 7.11 Å². The van der Waals surface area contributed by atoms with Gasteiger partial charge in [0, 0.05) is 10.8 Å². The lowest BCUT2D eigenvalue weighted by molar-refractivity contribution is 0.0603. The largest absolute Gasteiger partial charge is 0.465 e. The summed E-state index contributed by atoms with van der Waals surface area (Å²) in [6, 6.07) is 0. The molecule has 2 nitrogen and oxygen atoms in total. The molecule has 0 spiro atoms. The van der Waals surface area contributed by atoms with Crippen molar-refractivity contribution in [1.82, 2.24) is 0 Å². The summed E-state index contributed by atoms with van der Waals surface area (Å²) in [7, 11) is 1.41. The van der Waals surface area contributed by atoms with Crippen LogP contribution in [-0.2, 0) is 4.74 Å². The van der Waals surface area contributed by atoms with Crippen LogP contribution < -0.4 is 0 Å². The smallest absolute Gasteiger partial charge is 0.339 e. The molecule has 0 aromatic carbocycles. The van der Waals surface area contributed by atoms with Gasteiger partial charge >= 0.3 is 5.97 Å². The molecule has 2 aromatic rings. The number of hydrogen-bond donors (Lipinski definition) is 0. The lowest BCUT2D eigenvalue weighted by Crippen LogP contribution is -1.99. The summed E-state index contributed by atoms with van der Waals surface area (Å²) in [5.74, 6) is -0.243. The molecule has 0 bridgehead atoms. The predicted molar refractivity (Wildman–Crippen MR) is 55.8 cm³/mol. The Bertz CT molecular complexity index is 453. The molecule has 0 saturated heterocycles. The summed E-state index contributed by atoms with van der Waals surface area (Å²) in [6.45, 7) is 2.01. The van der Waals surface area contributed by atoms with Crippen LogP contribution in [0, 0.1) is 6.92 Å². The molecule has 68 valence electrons. The summed E-state index contributed by atoms with van der Waals surface area (Å²) in [5.41, 5.74) is 1.85. The molecule has 0 aliphatic rings. The zero-order valence-electron chi connectivity index (χ0n) is 7.29. The molecule has 0 aliphatic heterocycles. The third-order valence-corrected chi connectivity index (χ3v) is 4.14. The first-order valence-corrected chi connectivity index (χ1v) is 5.53. The van der Waals surface area contributed by atoms with Gasteiger partial charge in [0.15, 0.2) is 0 Å². The molecular formula is C9H8O2S2. The van der Waals surface area contributed by atoms with Gasteiger partial charge < -0.3 is 4.74 Å². The van der Waals surface area contributed by atoms with Crippen LogP contribution in [0.25, 0.3) is 9.40 Å². The van der Waals surface area contributed by atoms with Crippen LogP contribution in [0.1, 0.15) is 15.9 Å². The van der Waals surface area contributed by atoms with Gasteiger partial charge in [0.1, 0.15) is 0 Å². The van der Waals surface area contributed by atoms with E-state index in [1.54, 1.807) is 22.7 Å². The van der Waals surface area contributed by atoms with Crippen molar-refractivity contribution >= 4 is 38.0 Å². The normalized spacial score (nSPS) is 10.6. The molecule has 0 amide bonds. The van der Waals surface area contributed by atoms with E-state index in [-0.39, 0.29) is 5.97 Å². The van der Waals surface area contributed by atoms with Crippen molar-refractivity contribution in [2.24, 2.45) is 0 Å². The van der Waals surface area contributed by atoms with Gasteiger partial charge in [-0.1, -0.05) is 0 Å². The van der Waals surface area contributed by atoms with E-state index in [4.69, 9.17) is 4.74 Å². The van der Waals surface area contributed by atoms with Gasteiger partial charge in [0.05, 0.1) is 16.7 Å². The number of hydrogen-bond acceptors (Lipinski definition) is 4. The quantitative estimate of drug-likeness (QED) is 0.679. The number of aryl methyl sites for hydroxylation is 1. The van der Waals surface area contributed by atoms with Crippen LogP contribution in [0.3, 0.4) is 0 Å². The first kappa shape index (κ1) is 8.72. The van der Waals surface area contributed by atoms with E-state index in [1.807, 2.05) is 12.3 Å². The van der Waals surface area contributed by atoms with Crippen LogP contribution in [0.2, 0.25) is 0 Å². The van der Waals surface area contributed by atoms with Crippen molar-refractivity contribution < 1.29 is 9.53 Å². The first-order chi connectivity index (χ1) is 6.24. The van der Waals surface area contributed by atoms with Crippen molar-refractivity contribution in [3.05, 3.63) is 21.9 Å². The summed E-state index contributed by atoms with van der Waals surface area (Å²) in [5, 5.41) is 4.98. The SMILES string of the molecule is COC(=O)c1csc2scc(C)c12. The Morgan fingerprint density at radius 1 is 1.38 bits per heavy atom. The lowest BCUT2D eigenvalue weighted by Gasteiger charge is -1.95. The number of methoxy groups -OCH3 is 1. The first-order valence-electron chi connectivity index (χ1n) is 3.77. The Labute approximate surface area is 83.8 Å². The van der Waals surface area contributed by atoms with E-state index in [9.17, 15) is 4.79 Å². The zero-order valence-corrected chi connectivity index (χ0v) is 8.92. The van der Waals surface area contributed by atoms with Crippen molar-refractivity contribution in [2.45, 2.75) is 6.92 Å². The second-order valence-electron chi connectivity index (χ2n) is 2.72. The molecule has 0 atom stereocenters. The van der Waals surface area contributed by atoms with E-state index in [0.29, 0.717) is 5.56 Å². The number of carbonyl (C=O) groups is 1. The molecule has 2 rings (SSSR count). The number of thiophene rings is 2. The molecule has 0 unspecified atom stereocenters. The minimum atomic E-state index is -0.243. The lowest BCUT2D eigenvalue weighted by atomic mass is 10.2. The van der Waals surface area contributed by atoms with E-state index >= 15 is 0 Å². The number of carbonyl (C=O) groups excluding carboxylic acids is 1. The number of esters is 1. The van der Waals surface area contributed by atoms with Gasteiger partial charge in [0.25, 0.3) is 0 Å². The molecule has 0 fully saturated rings. The Morgan fingerprint density at radius 3 is 2.77 bits per heavy atom. The minimum Gasteiger partial charge on any atom is -0.465 e. The second kappa shape index (κ2) is 3.12. The van der Waals surface area contributed by atoms with Crippen LogP contribution in [-0.4, -0.2) is 13.1 Å². The van der Waals surface area contributed by atoms with Gasteiger partial charge in [-0.3, -0.25) is 0 Å². The standard InChI is InChI=1S/C9H8O2S2/c1-5-3-12-9-7(5)6(4-13-9)8(10)11-2/h3-4H,1-2H3. The molecule has 4 heteroatoms. The van der Waals surface area contributed by atoms with Crippen molar-refractivity contribution in [3.8, 4) is 0 Å². The average molecular weight is 212 g/mol. The van der Waals surface area contributed by atoms with E-state index in [0.717, 1.165) is 10.9 Å². The zero-order chi connectivity index (χ0) is 9.42. The highest BCUT2D eigenvalue weighted by Crippen LogP contribution is 2.34. The fourth-order valence-corrected chi connectivity index (χ4v) is 3.39.